The Morgan fingerprint density at radius 2 is 2.09 bits per heavy atom. The van der Waals surface area contributed by atoms with Gasteiger partial charge in [0.15, 0.2) is 0 Å². The minimum Gasteiger partial charge on any atom is -0.279 e. The number of sulfonamides is 1. The van der Waals surface area contributed by atoms with E-state index in [2.05, 4.69) is 25.8 Å². The van der Waals surface area contributed by atoms with Crippen molar-refractivity contribution in [3.63, 3.8) is 0 Å². The summed E-state index contributed by atoms with van der Waals surface area (Å²) in [4.78, 5) is -0.0168. The number of aryl methyl sites for hydroxylation is 1. The number of aromatic nitrogens is 2. The lowest BCUT2D eigenvalue weighted by Gasteiger charge is -2.10. The van der Waals surface area contributed by atoms with Crippen LogP contribution in [0.15, 0.2) is 46.0 Å². The quantitative estimate of drug-likeness (QED) is 0.699. The van der Waals surface area contributed by atoms with Crippen molar-refractivity contribution in [2.75, 3.05) is 4.72 Å². The van der Waals surface area contributed by atoms with Crippen molar-refractivity contribution in [1.82, 2.24) is 9.61 Å². The molecule has 0 bridgehead atoms. The molecule has 120 valence electrons. The molecule has 2 aromatic heterocycles. The van der Waals surface area contributed by atoms with Crippen LogP contribution in [0.3, 0.4) is 0 Å². The first-order chi connectivity index (χ1) is 10.8. The van der Waals surface area contributed by atoms with Crippen LogP contribution in [0.1, 0.15) is 5.56 Å². The number of hydrogen-bond donors (Lipinski definition) is 1. The molecule has 3 aromatic rings. The fraction of sp³-hybridized carbons (Fsp3) is 0.0714. The Bertz CT molecular complexity index is 1020. The van der Waals surface area contributed by atoms with Crippen molar-refractivity contribution in [2.24, 2.45) is 0 Å². The van der Waals surface area contributed by atoms with Gasteiger partial charge in [-0.3, -0.25) is 4.72 Å². The van der Waals surface area contributed by atoms with Crippen LogP contribution in [-0.4, -0.2) is 18.0 Å². The van der Waals surface area contributed by atoms with E-state index in [1.165, 1.54) is 23.0 Å². The molecule has 0 atom stereocenters. The second kappa shape index (κ2) is 5.77. The van der Waals surface area contributed by atoms with Crippen LogP contribution >= 0.6 is 27.5 Å². The monoisotopic (exact) mass is 417 g/mol. The lowest BCUT2D eigenvalue weighted by Crippen LogP contribution is -2.14. The van der Waals surface area contributed by atoms with E-state index in [1.807, 2.05) is 0 Å². The van der Waals surface area contributed by atoms with Gasteiger partial charge in [0.25, 0.3) is 10.0 Å². The molecule has 1 N–H and O–H groups in total. The third kappa shape index (κ3) is 3.06. The molecule has 2 heterocycles. The maximum absolute atomic E-state index is 13.7. The first-order valence-electron chi connectivity index (χ1n) is 6.39. The third-order valence-corrected chi connectivity index (χ3v) is 5.46. The molecule has 0 aliphatic heterocycles. The largest absolute Gasteiger partial charge is 0.279 e. The number of nitrogens with one attached hydrogen (secondary N) is 1. The van der Waals surface area contributed by atoms with Gasteiger partial charge < -0.3 is 0 Å². The summed E-state index contributed by atoms with van der Waals surface area (Å²) in [6.07, 6.45) is 2.72. The van der Waals surface area contributed by atoms with Gasteiger partial charge in [-0.1, -0.05) is 11.6 Å². The summed E-state index contributed by atoms with van der Waals surface area (Å²) < 4.78 is 42.8. The summed E-state index contributed by atoms with van der Waals surface area (Å²) in [6, 6.07) is 5.75. The third-order valence-electron chi connectivity index (χ3n) is 3.25. The van der Waals surface area contributed by atoms with Gasteiger partial charge in [0.1, 0.15) is 10.7 Å². The number of nitrogens with zero attached hydrogens (tertiary/aromatic N) is 2. The van der Waals surface area contributed by atoms with Crippen molar-refractivity contribution in [2.45, 2.75) is 11.8 Å². The number of halogens is 3. The Hall–Kier alpha value is -1.64. The fourth-order valence-corrected chi connectivity index (χ4v) is 3.95. The molecule has 1 aromatic carbocycles. The van der Waals surface area contributed by atoms with E-state index in [1.54, 1.807) is 19.1 Å². The molecule has 3 rings (SSSR count). The smallest absolute Gasteiger partial charge is 0.265 e. The second-order valence-electron chi connectivity index (χ2n) is 4.87. The Balaban J connectivity index is 2.06. The molecule has 0 aliphatic carbocycles. The van der Waals surface area contributed by atoms with E-state index in [0.29, 0.717) is 16.1 Å². The van der Waals surface area contributed by atoms with Gasteiger partial charge in [-0.15, -0.1) is 0 Å². The van der Waals surface area contributed by atoms with Gasteiger partial charge in [0, 0.05) is 6.20 Å². The van der Waals surface area contributed by atoms with Crippen LogP contribution in [0.4, 0.5) is 10.1 Å². The normalized spacial score (nSPS) is 11.8. The van der Waals surface area contributed by atoms with Gasteiger partial charge >= 0.3 is 0 Å². The maximum Gasteiger partial charge on any atom is 0.265 e. The van der Waals surface area contributed by atoms with Crippen molar-refractivity contribution in [1.29, 1.82) is 0 Å². The highest BCUT2D eigenvalue weighted by Crippen LogP contribution is 2.27. The molecule has 0 spiro atoms. The standard InChI is InChI=1S/C14H10BrClFN3O2S/c1-8-4-10(15)11(17)5-12(8)19-23(21,22)14-6-18-20-7-9(16)2-3-13(14)20/h2-7,19H,1H3. The Morgan fingerprint density at radius 3 is 2.83 bits per heavy atom. The average molecular weight is 419 g/mol. The van der Waals surface area contributed by atoms with Crippen LogP contribution in [0.5, 0.6) is 0 Å². The van der Waals surface area contributed by atoms with Crippen molar-refractivity contribution < 1.29 is 12.8 Å². The van der Waals surface area contributed by atoms with Gasteiger partial charge in [-0.2, -0.15) is 5.10 Å². The molecule has 0 saturated heterocycles. The molecule has 9 heteroatoms. The molecule has 0 aliphatic rings. The maximum atomic E-state index is 13.7. The Morgan fingerprint density at radius 1 is 1.35 bits per heavy atom. The zero-order valence-corrected chi connectivity index (χ0v) is 14.9. The SMILES string of the molecule is Cc1cc(Br)c(F)cc1NS(=O)(=O)c1cnn2cc(Cl)ccc12. The van der Waals surface area contributed by atoms with Crippen molar-refractivity contribution in [3.8, 4) is 0 Å². The summed E-state index contributed by atoms with van der Waals surface area (Å²) >= 11 is 8.91. The molecular formula is C14H10BrClFN3O2S. The van der Waals surface area contributed by atoms with E-state index < -0.39 is 15.8 Å². The number of hydrogen-bond acceptors (Lipinski definition) is 3. The zero-order chi connectivity index (χ0) is 16.8. The molecule has 5 nitrogen and oxygen atoms in total. The first kappa shape index (κ1) is 16.2. The van der Waals surface area contributed by atoms with E-state index in [-0.39, 0.29) is 15.1 Å². The van der Waals surface area contributed by atoms with Crippen molar-refractivity contribution in [3.05, 3.63) is 57.5 Å². The summed E-state index contributed by atoms with van der Waals surface area (Å²) in [5, 5.41) is 4.41. The number of rotatable bonds is 3. The van der Waals surface area contributed by atoms with Gasteiger partial charge in [0.05, 0.1) is 26.9 Å². The topological polar surface area (TPSA) is 63.5 Å². The number of fused-ring (bicyclic) bond motifs is 1. The highest BCUT2D eigenvalue weighted by atomic mass is 79.9. The second-order valence-corrected chi connectivity index (χ2v) is 7.81. The van der Waals surface area contributed by atoms with Gasteiger partial charge in [-0.25, -0.2) is 17.3 Å². The first-order valence-corrected chi connectivity index (χ1v) is 9.05. The molecule has 0 saturated carbocycles. The summed E-state index contributed by atoms with van der Waals surface area (Å²) in [5.74, 6) is -0.556. The highest BCUT2D eigenvalue weighted by molar-refractivity contribution is 9.10. The lowest BCUT2D eigenvalue weighted by molar-refractivity contribution is 0.601. The van der Waals surface area contributed by atoms with Crippen LogP contribution in [0.2, 0.25) is 5.02 Å². The average Bonchev–Trinajstić information content (AvgIpc) is 2.88. The summed E-state index contributed by atoms with van der Waals surface area (Å²) in [5.41, 5.74) is 1.12. The van der Waals surface area contributed by atoms with E-state index >= 15 is 0 Å². The van der Waals surface area contributed by atoms with E-state index in [0.717, 1.165) is 6.07 Å². The predicted octanol–water partition coefficient (Wildman–Crippen LogP) is 4.00. The Kier molecular flexibility index (Phi) is 4.07. The van der Waals surface area contributed by atoms with E-state index in [9.17, 15) is 12.8 Å². The number of anilines is 1. The van der Waals surface area contributed by atoms with Gasteiger partial charge in [0.2, 0.25) is 0 Å². The highest BCUT2D eigenvalue weighted by Gasteiger charge is 2.21. The minimum atomic E-state index is -3.92. The number of pyridine rings is 1. The molecule has 0 radical (unpaired) electrons. The Labute approximate surface area is 145 Å². The van der Waals surface area contributed by atoms with Gasteiger partial charge in [-0.05, 0) is 52.7 Å². The molecule has 23 heavy (non-hydrogen) atoms. The molecule has 0 amide bonds. The molecule has 0 fully saturated rings. The number of benzene rings is 1. The molecule has 0 unspecified atom stereocenters. The minimum absolute atomic E-state index is 0.0168. The zero-order valence-electron chi connectivity index (χ0n) is 11.7. The van der Waals surface area contributed by atoms with Crippen LogP contribution in [0.25, 0.3) is 5.52 Å². The van der Waals surface area contributed by atoms with Crippen LogP contribution < -0.4 is 4.72 Å². The van der Waals surface area contributed by atoms with E-state index in [4.69, 9.17) is 11.6 Å². The molecular weight excluding hydrogens is 409 g/mol. The fourth-order valence-electron chi connectivity index (χ4n) is 2.10. The summed E-state index contributed by atoms with van der Waals surface area (Å²) in [7, 11) is -3.92. The summed E-state index contributed by atoms with van der Waals surface area (Å²) in [6.45, 7) is 1.68. The van der Waals surface area contributed by atoms with Crippen molar-refractivity contribution >= 4 is 48.8 Å². The predicted molar refractivity (Wildman–Crippen MR) is 89.8 cm³/mol. The lowest BCUT2D eigenvalue weighted by atomic mass is 10.2. The van der Waals surface area contributed by atoms with Crippen LogP contribution in [0, 0.1) is 12.7 Å². The van der Waals surface area contributed by atoms with Crippen LogP contribution in [-0.2, 0) is 10.0 Å².